The molecule has 0 saturated heterocycles. The fourth-order valence-corrected chi connectivity index (χ4v) is 2.99. The maximum Gasteiger partial charge on any atom is 0.229 e. The zero-order valence-electron chi connectivity index (χ0n) is 11.5. The monoisotopic (exact) mass is 258 g/mol. The second kappa shape index (κ2) is 5.33. The van der Waals surface area contributed by atoms with Crippen molar-refractivity contribution in [3.8, 4) is 0 Å². The summed E-state index contributed by atoms with van der Waals surface area (Å²) in [6, 6.07) is 8.56. The van der Waals surface area contributed by atoms with Crippen molar-refractivity contribution in [1.82, 2.24) is 10.6 Å². The number of carbonyl (C=O) groups is 1. The van der Waals surface area contributed by atoms with Crippen molar-refractivity contribution in [2.45, 2.75) is 44.7 Å². The molecule has 0 bridgehead atoms. The topological polar surface area (TPSA) is 41.1 Å². The lowest BCUT2D eigenvalue weighted by atomic mass is 9.90. The minimum Gasteiger partial charge on any atom is -0.353 e. The molecule has 1 aromatic rings. The fourth-order valence-electron chi connectivity index (χ4n) is 2.99. The predicted molar refractivity (Wildman–Crippen MR) is 75.8 cm³/mol. The van der Waals surface area contributed by atoms with Gasteiger partial charge in [0.2, 0.25) is 5.91 Å². The van der Waals surface area contributed by atoms with Gasteiger partial charge < -0.3 is 10.6 Å². The third kappa shape index (κ3) is 2.98. The molecule has 1 aliphatic carbocycles. The molecule has 1 aliphatic heterocycles. The first-order valence-electron chi connectivity index (χ1n) is 7.33. The van der Waals surface area contributed by atoms with Crippen LogP contribution < -0.4 is 10.6 Å². The Labute approximate surface area is 114 Å². The number of nitrogens with one attached hydrogen (secondary N) is 2. The Hall–Kier alpha value is -1.35. The summed E-state index contributed by atoms with van der Waals surface area (Å²) in [4.78, 5) is 12.4. The van der Waals surface area contributed by atoms with Crippen LogP contribution in [0, 0.1) is 5.92 Å². The lowest BCUT2D eigenvalue weighted by Gasteiger charge is -2.27. The summed E-state index contributed by atoms with van der Waals surface area (Å²) in [5, 5.41) is 6.52. The molecule has 2 atom stereocenters. The summed E-state index contributed by atoms with van der Waals surface area (Å²) in [5.41, 5.74) is 2.45. The molecule has 3 nitrogen and oxygen atoms in total. The molecule has 2 unspecified atom stereocenters. The quantitative estimate of drug-likeness (QED) is 0.869. The SMILES string of the molecule is CC(CC1CC1)NC(=O)C1CNCc2ccccc21. The summed E-state index contributed by atoms with van der Waals surface area (Å²) in [7, 11) is 0. The van der Waals surface area contributed by atoms with Crippen LogP contribution in [0.25, 0.3) is 0 Å². The van der Waals surface area contributed by atoms with Crippen LogP contribution in [0.4, 0.5) is 0 Å². The second-order valence-electron chi connectivity index (χ2n) is 5.97. The zero-order chi connectivity index (χ0) is 13.2. The smallest absolute Gasteiger partial charge is 0.229 e. The highest BCUT2D eigenvalue weighted by Gasteiger charge is 2.29. The lowest BCUT2D eigenvalue weighted by molar-refractivity contribution is -0.123. The normalized spacial score (nSPS) is 23.5. The Morgan fingerprint density at radius 2 is 2.21 bits per heavy atom. The number of carbonyl (C=O) groups excluding carboxylic acids is 1. The van der Waals surface area contributed by atoms with Gasteiger partial charge in [-0.1, -0.05) is 37.1 Å². The van der Waals surface area contributed by atoms with Crippen molar-refractivity contribution in [3.63, 3.8) is 0 Å². The lowest BCUT2D eigenvalue weighted by Crippen LogP contribution is -2.42. The second-order valence-corrected chi connectivity index (χ2v) is 5.97. The molecule has 0 spiro atoms. The molecule has 0 radical (unpaired) electrons. The summed E-state index contributed by atoms with van der Waals surface area (Å²) in [6.45, 7) is 3.74. The van der Waals surface area contributed by atoms with Gasteiger partial charge in [-0.3, -0.25) is 4.79 Å². The first-order chi connectivity index (χ1) is 9.24. The molecule has 1 aromatic carbocycles. The molecule has 3 rings (SSSR count). The Bertz CT molecular complexity index is 468. The van der Waals surface area contributed by atoms with E-state index < -0.39 is 0 Å². The largest absolute Gasteiger partial charge is 0.353 e. The van der Waals surface area contributed by atoms with E-state index in [0.717, 1.165) is 25.4 Å². The van der Waals surface area contributed by atoms with Gasteiger partial charge in [0.15, 0.2) is 0 Å². The molecule has 1 saturated carbocycles. The van der Waals surface area contributed by atoms with Crippen molar-refractivity contribution < 1.29 is 4.79 Å². The van der Waals surface area contributed by atoms with Crippen molar-refractivity contribution in [3.05, 3.63) is 35.4 Å². The number of fused-ring (bicyclic) bond motifs is 1. The van der Waals surface area contributed by atoms with Gasteiger partial charge in [0.05, 0.1) is 5.92 Å². The van der Waals surface area contributed by atoms with Crippen LogP contribution in [-0.4, -0.2) is 18.5 Å². The molecule has 2 aliphatic rings. The van der Waals surface area contributed by atoms with Gasteiger partial charge in [-0.25, -0.2) is 0 Å². The van der Waals surface area contributed by atoms with E-state index in [9.17, 15) is 4.79 Å². The Kier molecular flexibility index (Phi) is 3.56. The van der Waals surface area contributed by atoms with Crippen LogP contribution in [0.5, 0.6) is 0 Å². The van der Waals surface area contributed by atoms with E-state index in [4.69, 9.17) is 0 Å². The molecule has 1 fully saturated rings. The maximum absolute atomic E-state index is 12.4. The van der Waals surface area contributed by atoms with Crippen molar-refractivity contribution >= 4 is 5.91 Å². The highest BCUT2D eigenvalue weighted by Crippen LogP contribution is 2.33. The molecule has 19 heavy (non-hydrogen) atoms. The molecular weight excluding hydrogens is 236 g/mol. The van der Waals surface area contributed by atoms with Gasteiger partial charge in [0, 0.05) is 19.1 Å². The van der Waals surface area contributed by atoms with Gasteiger partial charge in [-0.05, 0) is 30.4 Å². The molecule has 3 heteroatoms. The van der Waals surface area contributed by atoms with E-state index in [2.05, 4.69) is 29.7 Å². The average Bonchev–Trinajstić information content (AvgIpc) is 3.21. The minimum absolute atomic E-state index is 0.0356. The average molecular weight is 258 g/mol. The Balaban J connectivity index is 1.66. The third-order valence-electron chi connectivity index (χ3n) is 4.18. The summed E-state index contributed by atoms with van der Waals surface area (Å²) in [5.74, 6) is 0.992. The van der Waals surface area contributed by atoms with E-state index >= 15 is 0 Å². The first-order valence-corrected chi connectivity index (χ1v) is 7.33. The summed E-state index contributed by atoms with van der Waals surface area (Å²) >= 11 is 0. The van der Waals surface area contributed by atoms with Crippen LogP contribution in [0.15, 0.2) is 24.3 Å². The highest BCUT2D eigenvalue weighted by atomic mass is 16.2. The number of hydrogen-bond donors (Lipinski definition) is 2. The minimum atomic E-state index is -0.0356. The van der Waals surface area contributed by atoms with Gasteiger partial charge in [-0.2, -0.15) is 0 Å². The van der Waals surface area contributed by atoms with E-state index in [1.807, 2.05) is 12.1 Å². The Morgan fingerprint density at radius 3 is 3.00 bits per heavy atom. The Morgan fingerprint density at radius 1 is 1.42 bits per heavy atom. The zero-order valence-corrected chi connectivity index (χ0v) is 11.5. The molecule has 1 heterocycles. The molecule has 0 aromatic heterocycles. The number of rotatable bonds is 4. The van der Waals surface area contributed by atoms with Crippen LogP contribution >= 0.6 is 0 Å². The first kappa shape index (κ1) is 12.7. The van der Waals surface area contributed by atoms with Crippen LogP contribution in [-0.2, 0) is 11.3 Å². The predicted octanol–water partition coefficient (Wildman–Crippen LogP) is 2.18. The van der Waals surface area contributed by atoms with Gasteiger partial charge >= 0.3 is 0 Å². The standard InChI is InChI=1S/C16H22N2O/c1-11(8-12-6-7-12)18-16(19)15-10-17-9-13-4-2-3-5-14(13)15/h2-5,11-12,15,17H,6-10H2,1H3,(H,18,19). The van der Waals surface area contributed by atoms with E-state index in [1.54, 1.807) is 0 Å². The van der Waals surface area contributed by atoms with Crippen LogP contribution in [0.3, 0.4) is 0 Å². The van der Waals surface area contributed by atoms with Gasteiger partial charge in [-0.15, -0.1) is 0 Å². The van der Waals surface area contributed by atoms with Gasteiger partial charge in [0.25, 0.3) is 0 Å². The van der Waals surface area contributed by atoms with Crippen molar-refractivity contribution in [1.29, 1.82) is 0 Å². The van der Waals surface area contributed by atoms with Crippen molar-refractivity contribution in [2.24, 2.45) is 5.92 Å². The third-order valence-corrected chi connectivity index (χ3v) is 4.18. The van der Waals surface area contributed by atoms with Crippen molar-refractivity contribution in [2.75, 3.05) is 6.54 Å². The van der Waals surface area contributed by atoms with E-state index in [0.29, 0.717) is 6.04 Å². The molecule has 2 N–H and O–H groups in total. The van der Waals surface area contributed by atoms with Gasteiger partial charge in [0.1, 0.15) is 0 Å². The van der Waals surface area contributed by atoms with E-state index in [1.165, 1.54) is 24.0 Å². The molecular formula is C16H22N2O. The van der Waals surface area contributed by atoms with Crippen LogP contribution in [0.2, 0.25) is 0 Å². The fraction of sp³-hybridized carbons (Fsp3) is 0.562. The summed E-state index contributed by atoms with van der Waals surface area (Å²) in [6.07, 6.45) is 3.82. The summed E-state index contributed by atoms with van der Waals surface area (Å²) < 4.78 is 0. The van der Waals surface area contributed by atoms with E-state index in [-0.39, 0.29) is 11.8 Å². The number of benzene rings is 1. The van der Waals surface area contributed by atoms with Crippen LogP contribution in [0.1, 0.15) is 43.2 Å². The number of amides is 1. The molecule has 102 valence electrons. The highest BCUT2D eigenvalue weighted by molar-refractivity contribution is 5.84. The maximum atomic E-state index is 12.4. The molecule has 1 amide bonds. The number of hydrogen-bond acceptors (Lipinski definition) is 2.